The van der Waals surface area contributed by atoms with Crippen molar-refractivity contribution in [2.24, 2.45) is 10.7 Å². The van der Waals surface area contributed by atoms with Gasteiger partial charge in [0.15, 0.2) is 5.96 Å². The van der Waals surface area contributed by atoms with E-state index in [0.29, 0.717) is 22.9 Å². The summed E-state index contributed by atoms with van der Waals surface area (Å²) in [5.41, 5.74) is 6.20. The number of hydrogen-bond donors (Lipinski definition) is 2. The maximum atomic E-state index is 12.6. The second-order valence-electron chi connectivity index (χ2n) is 7.50. The number of aromatic nitrogens is 2. The summed E-state index contributed by atoms with van der Waals surface area (Å²) in [6.45, 7) is 2.05. The molecular formula is C22H22N6O4. The van der Waals surface area contributed by atoms with Gasteiger partial charge in [-0.1, -0.05) is 0 Å². The van der Waals surface area contributed by atoms with Crippen LogP contribution in [0.2, 0.25) is 0 Å². The van der Waals surface area contributed by atoms with Crippen LogP contribution >= 0.6 is 0 Å². The lowest BCUT2D eigenvalue weighted by Crippen LogP contribution is -2.47. The Hall–Kier alpha value is -4.21. The number of hydrogen-bond acceptors (Lipinski definition) is 8. The molecular weight excluding hydrogens is 412 g/mol. The number of furan rings is 1. The maximum absolute atomic E-state index is 12.6. The van der Waals surface area contributed by atoms with E-state index in [9.17, 15) is 9.59 Å². The standard InChI is InChI=1S/C22H22N6O4/c1-22(11-19(29)28(2)21(23)27-22)18-10-14(7-8-24-18)26-20(30)17-6-5-15(12-25-17)32-13-16-4-3-9-31-16/h3-10,12H,11,13H2,1-2H3,(H2,23,27)(H,24,26,30). The van der Waals surface area contributed by atoms with Gasteiger partial charge in [0.25, 0.3) is 5.91 Å². The van der Waals surface area contributed by atoms with E-state index < -0.39 is 11.4 Å². The first-order valence-electron chi connectivity index (χ1n) is 9.85. The number of carbonyl (C=O) groups excluding carboxylic acids is 2. The number of ether oxygens (including phenoxy) is 1. The molecule has 10 heteroatoms. The number of guanidine groups is 1. The zero-order valence-corrected chi connectivity index (χ0v) is 17.6. The average molecular weight is 434 g/mol. The summed E-state index contributed by atoms with van der Waals surface area (Å²) >= 11 is 0. The molecule has 1 atom stereocenters. The van der Waals surface area contributed by atoms with Gasteiger partial charge in [0.05, 0.1) is 24.6 Å². The van der Waals surface area contributed by atoms with Crippen molar-refractivity contribution in [1.29, 1.82) is 0 Å². The summed E-state index contributed by atoms with van der Waals surface area (Å²) in [5.74, 6) is 0.770. The fourth-order valence-electron chi connectivity index (χ4n) is 3.20. The SMILES string of the molecule is CN1C(=O)CC(C)(c2cc(NC(=O)c3ccc(OCc4ccco4)cn3)ccn2)N=C1N. The van der Waals surface area contributed by atoms with Gasteiger partial charge in [-0.25, -0.2) is 9.98 Å². The third kappa shape index (κ3) is 4.43. The molecule has 2 amide bonds. The van der Waals surface area contributed by atoms with E-state index in [0.717, 1.165) is 0 Å². The number of amides is 2. The van der Waals surface area contributed by atoms with Crippen LogP contribution in [-0.4, -0.2) is 39.7 Å². The van der Waals surface area contributed by atoms with E-state index >= 15 is 0 Å². The molecule has 0 bridgehead atoms. The largest absolute Gasteiger partial charge is 0.484 e. The molecule has 1 unspecified atom stereocenters. The molecule has 0 saturated heterocycles. The van der Waals surface area contributed by atoms with Gasteiger partial charge >= 0.3 is 0 Å². The molecule has 1 aliphatic rings. The molecule has 1 aliphatic heterocycles. The van der Waals surface area contributed by atoms with Gasteiger partial charge in [0.2, 0.25) is 5.91 Å². The van der Waals surface area contributed by atoms with E-state index in [4.69, 9.17) is 14.9 Å². The number of nitrogens with zero attached hydrogens (tertiary/aromatic N) is 4. The summed E-state index contributed by atoms with van der Waals surface area (Å²) in [6.07, 6.45) is 4.71. The van der Waals surface area contributed by atoms with Crippen molar-refractivity contribution in [3.05, 3.63) is 72.2 Å². The monoisotopic (exact) mass is 434 g/mol. The smallest absolute Gasteiger partial charge is 0.274 e. The van der Waals surface area contributed by atoms with Crippen LogP contribution in [0.25, 0.3) is 0 Å². The fraction of sp³-hybridized carbons (Fsp3) is 0.227. The first-order valence-corrected chi connectivity index (χ1v) is 9.85. The van der Waals surface area contributed by atoms with Gasteiger partial charge in [-0.05, 0) is 43.3 Å². The normalized spacial score (nSPS) is 18.2. The van der Waals surface area contributed by atoms with Gasteiger partial charge in [-0.2, -0.15) is 0 Å². The molecule has 4 heterocycles. The Morgan fingerprint density at radius 3 is 2.84 bits per heavy atom. The van der Waals surface area contributed by atoms with Crippen LogP contribution in [0.1, 0.15) is 35.3 Å². The molecule has 0 aromatic carbocycles. The number of nitrogens with one attached hydrogen (secondary N) is 1. The minimum Gasteiger partial charge on any atom is -0.484 e. The van der Waals surface area contributed by atoms with Crippen LogP contribution in [-0.2, 0) is 16.9 Å². The van der Waals surface area contributed by atoms with Crippen LogP contribution in [0.15, 0.2) is 64.5 Å². The zero-order valence-electron chi connectivity index (χ0n) is 17.6. The van der Waals surface area contributed by atoms with Crippen molar-refractivity contribution >= 4 is 23.5 Å². The first kappa shape index (κ1) is 21.0. The number of pyridine rings is 2. The third-order valence-corrected chi connectivity index (χ3v) is 5.07. The molecule has 10 nitrogen and oxygen atoms in total. The number of carbonyl (C=O) groups is 2. The van der Waals surface area contributed by atoms with Crippen molar-refractivity contribution in [1.82, 2.24) is 14.9 Å². The molecule has 3 aromatic rings. The number of nitrogens with two attached hydrogens (primary N) is 1. The van der Waals surface area contributed by atoms with Crippen LogP contribution in [0.3, 0.4) is 0 Å². The fourth-order valence-corrected chi connectivity index (χ4v) is 3.20. The second kappa shape index (κ2) is 8.50. The Bertz CT molecular complexity index is 1160. The lowest BCUT2D eigenvalue weighted by molar-refractivity contribution is -0.128. The summed E-state index contributed by atoms with van der Waals surface area (Å²) in [4.78, 5) is 39.1. The Balaban J connectivity index is 1.44. The molecule has 0 saturated carbocycles. The summed E-state index contributed by atoms with van der Waals surface area (Å²) in [6, 6.07) is 10.1. The quantitative estimate of drug-likeness (QED) is 0.607. The Morgan fingerprint density at radius 2 is 2.16 bits per heavy atom. The predicted molar refractivity (Wildman–Crippen MR) is 116 cm³/mol. The molecule has 3 N–H and O–H groups in total. The molecule has 0 fully saturated rings. The molecule has 32 heavy (non-hydrogen) atoms. The minimum atomic E-state index is -0.917. The van der Waals surface area contributed by atoms with Crippen LogP contribution in [0.4, 0.5) is 5.69 Å². The van der Waals surface area contributed by atoms with E-state index in [2.05, 4.69) is 20.3 Å². The molecule has 164 valence electrons. The minimum absolute atomic E-state index is 0.121. The maximum Gasteiger partial charge on any atom is 0.274 e. The summed E-state index contributed by atoms with van der Waals surface area (Å²) < 4.78 is 10.8. The van der Waals surface area contributed by atoms with E-state index in [1.165, 1.54) is 11.1 Å². The first-order chi connectivity index (χ1) is 15.3. The van der Waals surface area contributed by atoms with Crippen LogP contribution < -0.4 is 15.8 Å². The zero-order chi connectivity index (χ0) is 22.7. The lowest BCUT2D eigenvalue weighted by atomic mass is 9.91. The molecule has 0 radical (unpaired) electrons. The van der Waals surface area contributed by atoms with Gasteiger partial charge in [-0.3, -0.25) is 19.5 Å². The van der Waals surface area contributed by atoms with Crippen molar-refractivity contribution in [3.63, 3.8) is 0 Å². The highest BCUT2D eigenvalue weighted by atomic mass is 16.5. The summed E-state index contributed by atoms with van der Waals surface area (Å²) in [5, 5.41) is 2.79. The van der Waals surface area contributed by atoms with Crippen molar-refractivity contribution < 1.29 is 18.7 Å². The molecule has 0 aliphatic carbocycles. The lowest BCUT2D eigenvalue weighted by Gasteiger charge is -2.32. The van der Waals surface area contributed by atoms with Crippen LogP contribution in [0.5, 0.6) is 5.75 Å². The molecule has 3 aromatic heterocycles. The van der Waals surface area contributed by atoms with E-state index in [-0.39, 0.29) is 30.6 Å². The van der Waals surface area contributed by atoms with Crippen molar-refractivity contribution in [3.8, 4) is 5.75 Å². The highest BCUT2D eigenvalue weighted by Crippen LogP contribution is 2.32. The highest BCUT2D eigenvalue weighted by molar-refractivity contribution is 6.03. The summed E-state index contributed by atoms with van der Waals surface area (Å²) in [7, 11) is 1.57. The van der Waals surface area contributed by atoms with Gasteiger partial charge in [0.1, 0.15) is 29.3 Å². The molecule has 0 spiro atoms. The number of aliphatic imine (C=N–C) groups is 1. The average Bonchev–Trinajstić information content (AvgIpc) is 3.30. The van der Waals surface area contributed by atoms with Crippen molar-refractivity contribution in [2.45, 2.75) is 25.5 Å². The predicted octanol–water partition coefficient (Wildman–Crippen LogP) is 2.29. The second-order valence-corrected chi connectivity index (χ2v) is 7.50. The number of rotatable bonds is 6. The van der Waals surface area contributed by atoms with E-state index in [1.54, 1.807) is 62.8 Å². The van der Waals surface area contributed by atoms with Gasteiger partial charge < -0.3 is 20.2 Å². The van der Waals surface area contributed by atoms with E-state index in [1.807, 2.05) is 0 Å². The Morgan fingerprint density at radius 1 is 1.31 bits per heavy atom. The molecule has 4 rings (SSSR count). The number of anilines is 1. The van der Waals surface area contributed by atoms with Gasteiger partial charge in [0, 0.05) is 18.9 Å². The Kier molecular flexibility index (Phi) is 5.59. The Labute approximate surface area is 184 Å². The van der Waals surface area contributed by atoms with Gasteiger partial charge in [-0.15, -0.1) is 0 Å². The van der Waals surface area contributed by atoms with Crippen molar-refractivity contribution in [2.75, 3.05) is 12.4 Å². The topological polar surface area (TPSA) is 136 Å². The third-order valence-electron chi connectivity index (χ3n) is 5.07. The van der Waals surface area contributed by atoms with Crippen LogP contribution in [0, 0.1) is 0 Å². The highest BCUT2D eigenvalue weighted by Gasteiger charge is 2.37.